The van der Waals surface area contributed by atoms with E-state index in [0.717, 1.165) is 0 Å². The summed E-state index contributed by atoms with van der Waals surface area (Å²) in [6.07, 6.45) is -4.82. The van der Waals surface area contributed by atoms with Gasteiger partial charge in [-0.15, -0.1) is 0 Å². The molecule has 0 radical (unpaired) electrons. The Morgan fingerprint density at radius 1 is 1.36 bits per heavy atom. The Bertz CT molecular complexity index is 580. The van der Waals surface area contributed by atoms with Gasteiger partial charge in [0.15, 0.2) is 0 Å². The molecule has 10 heteroatoms. The lowest BCUT2D eigenvalue weighted by Crippen LogP contribution is -2.34. The molecule has 0 unspecified atom stereocenters. The third-order valence-electron chi connectivity index (χ3n) is 3.71. The maximum Gasteiger partial charge on any atom is 0.393 e. The van der Waals surface area contributed by atoms with Gasteiger partial charge in [-0.25, -0.2) is 12.7 Å². The van der Waals surface area contributed by atoms with E-state index in [2.05, 4.69) is 0 Å². The number of hydrogen-bond acceptors (Lipinski definition) is 4. The number of carboxylic acid groups (broad SMARTS) is 1. The highest BCUT2D eigenvalue weighted by Crippen LogP contribution is 2.39. The highest BCUT2D eigenvalue weighted by Gasteiger charge is 2.54. The van der Waals surface area contributed by atoms with Gasteiger partial charge in [0.25, 0.3) is 0 Å². The van der Waals surface area contributed by atoms with Gasteiger partial charge < -0.3 is 5.11 Å². The highest BCUT2D eigenvalue weighted by molar-refractivity contribution is 7.89. The largest absolute Gasteiger partial charge is 0.481 e. The molecule has 0 amide bonds. The van der Waals surface area contributed by atoms with E-state index in [4.69, 9.17) is 10.4 Å². The maximum atomic E-state index is 12.8. The molecule has 0 aromatic heterocycles. The first kappa shape index (κ1) is 18.7. The number of sulfonamides is 1. The SMILES string of the molecule is CC(C)(C#N)CCS(=O)(=O)N1C[C@@H](C(F)(F)F)[C@H](C(=O)O)C1. The number of aliphatic carboxylic acids is 1. The first-order chi connectivity index (χ1) is 9.80. The van der Waals surface area contributed by atoms with Crippen molar-refractivity contribution in [2.24, 2.45) is 17.3 Å². The summed E-state index contributed by atoms with van der Waals surface area (Å²) >= 11 is 0. The molecule has 0 aliphatic carbocycles. The minimum absolute atomic E-state index is 0.0449. The molecule has 1 fully saturated rings. The minimum Gasteiger partial charge on any atom is -0.481 e. The lowest BCUT2D eigenvalue weighted by atomic mass is 9.93. The second kappa shape index (κ2) is 6.04. The molecule has 22 heavy (non-hydrogen) atoms. The Balaban J connectivity index is 2.90. The fraction of sp³-hybridized carbons (Fsp3) is 0.833. The van der Waals surface area contributed by atoms with E-state index in [1.807, 2.05) is 6.07 Å². The van der Waals surface area contributed by atoms with Crippen LogP contribution >= 0.6 is 0 Å². The predicted octanol–water partition coefficient (Wildman–Crippen LogP) is 1.45. The summed E-state index contributed by atoms with van der Waals surface area (Å²) in [7, 11) is -4.04. The van der Waals surface area contributed by atoms with Crippen molar-refractivity contribution < 1.29 is 31.5 Å². The summed E-state index contributed by atoms with van der Waals surface area (Å²) in [6.45, 7) is 1.45. The van der Waals surface area contributed by atoms with Crippen LogP contribution in [-0.2, 0) is 14.8 Å². The van der Waals surface area contributed by atoms with E-state index in [1.165, 1.54) is 13.8 Å². The summed E-state index contributed by atoms with van der Waals surface area (Å²) < 4.78 is 63.3. The predicted molar refractivity (Wildman–Crippen MR) is 70.0 cm³/mol. The zero-order valence-corrected chi connectivity index (χ0v) is 12.9. The highest BCUT2D eigenvalue weighted by atomic mass is 32.2. The van der Waals surface area contributed by atoms with Gasteiger partial charge in [-0.3, -0.25) is 4.79 Å². The quantitative estimate of drug-likeness (QED) is 0.815. The second-order valence-electron chi connectivity index (χ2n) is 5.97. The van der Waals surface area contributed by atoms with Crippen molar-refractivity contribution in [3.8, 4) is 6.07 Å². The van der Waals surface area contributed by atoms with Gasteiger partial charge >= 0.3 is 12.1 Å². The Hall–Kier alpha value is -1.34. The van der Waals surface area contributed by atoms with E-state index in [1.54, 1.807) is 0 Å². The fourth-order valence-corrected chi connectivity index (χ4v) is 3.95. The van der Waals surface area contributed by atoms with Crippen molar-refractivity contribution in [2.45, 2.75) is 26.4 Å². The average molecular weight is 342 g/mol. The number of nitrogens with zero attached hydrogens (tertiary/aromatic N) is 2. The van der Waals surface area contributed by atoms with Crippen LogP contribution in [0.25, 0.3) is 0 Å². The molecule has 1 N–H and O–H groups in total. The molecule has 6 nitrogen and oxygen atoms in total. The van der Waals surface area contributed by atoms with Crippen molar-refractivity contribution in [3.05, 3.63) is 0 Å². The summed E-state index contributed by atoms with van der Waals surface area (Å²) in [4.78, 5) is 10.9. The molecule has 1 rings (SSSR count). The van der Waals surface area contributed by atoms with E-state index >= 15 is 0 Å². The number of carboxylic acids is 1. The smallest absolute Gasteiger partial charge is 0.393 e. The molecule has 0 spiro atoms. The van der Waals surface area contributed by atoms with Crippen LogP contribution in [0, 0.1) is 28.6 Å². The molecule has 0 aromatic rings. The third-order valence-corrected chi connectivity index (χ3v) is 5.51. The van der Waals surface area contributed by atoms with Crippen molar-refractivity contribution in [3.63, 3.8) is 0 Å². The van der Waals surface area contributed by atoms with Crippen LogP contribution in [0.2, 0.25) is 0 Å². The van der Waals surface area contributed by atoms with Gasteiger partial charge in [-0.1, -0.05) is 0 Å². The van der Waals surface area contributed by atoms with Crippen molar-refractivity contribution >= 4 is 16.0 Å². The lowest BCUT2D eigenvalue weighted by molar-refractivity contribution is -0.187. The van der Waals surface area contributed by atoms with E-state index in [9.17, 15) is 26.4 Å². The monoisotopic (exact) mass is 342 g/mol. The van der Waals surface area contributed by atoms with E-state index in [-0.39, 0.29) is 6.42 Å². The second-order valence-corrected chi connectivity index (χ2v) is 8.06. The number of nitriles is 1. The standard InChI is InChI=1S/C12H17F3N2O4S/c1-11(2,7-16)3-4-22(20,21)17-5-8(10(18)19)9(6-17)12(13,14)15/h8-9H,3-6H2,1-2H3,(H,18,19)/t8-,9-/m1/s1. The molecule has 1 aliphatic rings. The Kier molecular flexibility index (Phi) is 5.14. The number of carbonyl (C=O) groups is 1. The van der Waals surface area contributed by atoms with Gasteiger partial charge in [0, 0.05) is 13.1 Å². The molecular formula is C12H17F3N2O4S. The minimum atomic E-state index is -4.78. The van der Waals surface area contributed by atoms with Crippen LogP contribution in [0.15, 0.2) is 0 Å². The lowest BCUT2D eigenvalue weighted by Gasteiger charge is -2.20. The van der Waals surface area contributed by atoms with Gasteiger partial charge in [-0.2, -0.15) is 18.4 Å². The number of halogens is 3. The van der Waals surface area contributed by atoms with Crippen LogP contribution in [-0.4, -0.2) is 48.8 Å². The van der Waals surface area contributed by atoms with Crippen LogP contribution in [0.1, 0.15) is 20.3 Å². The van der Waals surface area contributed by atoms with Crippen molar-refractivity contribution in [1.29, 1.82) is 5.26 Å². The van der Waals surface area contributed by atoms with Crippen LogP contribution in [0.5, 0.6) is 0 Å². The number of alkyl halides is 3. The Morgan fingerprint density at radius 3 is 2.27 bits per heavy atom. The summed E-state index contributed by atoms with van der Waals surface area (Å²) in [5, 5.41) is 17.7. The fourth-order valence-electron chi connectivity index (χ4n) is 2.15. The topological polar surface area (TPSA) is 98.5 Å². The Labute approximate surface area is 126 Å². The summed E-state index contributed by atoms with van der Waals surface area (Å²) in [5.41, 5.74) is -0.928. The van der Waals surface area contributed by atoms with Gasteiger partial charge in [0.05, 0.1) is 29.1 Å². The third kappa shape index (κ3) is 4.33. The average Bonchev–Trinajstić information content (AvgIpc) is 2.82. The zero-order chi connectivity index (χ0) is 17.3. The first-order valence-electron chi connectivity index (χ1n) is 6.49. The Morgan fingerprint density at radius 2 is 1.91 bits per heavy atom. The zero-order valence-electron chi connectivity index (χ0n) is 12.1. The van der Waals surface area contributed by atoms with Crippen LogP contribution < -0.4 is 0 Å². The molecule has 126 valence electrons. The summed E-state index contributed by atoms with van der Waals surface area (Å²) in [6, 6.07) is 1.91. The van der Waals surface area contributed by atoms with Gasteiger partial charge in [-0.05, 0) is 20.3 Å². The van der Waals surface area contributed by atoms with Crippen molar-refractivity contribution in [1.82, 2.24) is 4.31 Å². The molecule has 1 aliphatic heterocycles. The van der Waals surface area contributed by atoms with Gasteiger partial charge in [0.2, 0.25) is 10.0 Å². The first-order valence-corrected chi connectivity index (χ1v) is 8.10. The van der Waals surface area contributed by atoms with E-state index in [0.29, 0.717) is 4.31 Å². The number of hydrogen-bond donors (Lipinski definition) is 1. The molecule has 0 aromatic carbocycles. The van der Waals surface area contributed by atoms with Gasteiger partial charge in [0.1, 0.15) is 0 Å². The molecular weight excluding hydrogens is 325 g/mol. The van der Waals surface area contributed by atoms with Crippen LogP contribution in [0.4, 0.5) is 13.2 Å². The van der Waals surface area contributed by atoms with E-state index < -0.39 is 58.3 Å². The molecule has 2 atom stereocenters. The maximum absolute atomic E-state index is 12.8. The molecule has 0 saturated carbocycles. The molecule has 0 bridgehead atoms. The summed E-state index contributed by atoms with van der Waals surface area (Å²) in [5.74, 6) is -6.19. The molecule has 1 heterocycles. The van der Waals surface area contributed by atoms with Crippen LogP contribution in [0.3, 0.4) is 0 Å². The normalized spacial score (nSPS) is 24.2. The number of rotatable bonds is 5. The molecule has 1 saturated heterocycles. The van der Waals surface area contributed by atoms with Crippen molar-refractivity contribution in [2.75, 3.05) is 18.8 Å².